The van der Waals surface area contributed by atoms with Gasteiger partial charge in [-0.1, -0.05) is 0 Å². The van der Waals surface area contributed by atoms with Crippen LogP contribution in [-0.2, 0) is 6.54 Å². The average Bonchev–Trinajstić information content (AvgIpc) is 2.37. The summed E-state index contributed by atoms with van der Waals surface area (Å²) in [7, 11) is 0. The zero-order valence-electron chi connectivity index (χ0n) is 9.37. The van der Waals surface area contributed by atoms with Crippen molar-refractivity contribution in [2.45, 2.75) is 6.54 Å². The van der Waals surface area contributed by atoms with Gasteiger partial charge in [0.05, 0.1) is 17.8 Å². The predicted octanol–water partition coefficient (Wildman–Crippen LogP) is 0.818. The highest BCUT2D eigenvalue weighted by Crippen LogP contribution is 2.22. The van der Waals surface area contributed by atoms with Crippen molar-refractivity contribution >= 4 is 5.91 Å². The molecule has 0 aliphatic carbocycles. The van der Waals surface area contributed by atoms with Crippen LogP contribution in [0.25, 0.3) is 0 Å². The van der Waals surface area contributed by atoms with Crippen molar-refractivity contribution in [2.75, 3.05) is 0 Å². The molecular formula is C12H11N3O3. The molecule has 0 fully saturated rings. The third kappa shape index (κ3) is 2.73. The Hall–Kier alpha value is -2.63. The van der Waals surface area contributed by atoms with E-state index in [-0.39, 0.29) is 23.6 Å². The third-order valence-electron chi connectivity index (χ3n) is 2.28. The minimum Gasteiger partial charge on any atom is -0.508 e. The number of carbonyl (C=O) groups is 1. The first-order chi connectivity index (χ1) is 8.66. The maximum absolute atomic E-state index is 11.7. The molecule has 1 aromatic heterocycles. The quantitative estimate of drug-likeness (QED) is 0.744. The minimum absolute atomic E-state index is 0.0942. The number of phenolic OH excluding ortho intramolecular Hbond substituents is 2. The maximum atomic E-state index is 11.7. The lowest BCUT2D eigenvalue weighted by Crippen LogP contribution is -2.23. The molecule has 3 N–H and O–H groups in total. The van der Waals surface area contributed by atoms with Crippen LogP contribution in [0.5, 0.6) is 11.5 Å². The first-order valence-corrected chi connectivity index (χ1v) is 5.23. The van der Waals surface area contributed by atoms with Crippen LogP contribution in [-0.4, -0.2) is 26.3 Å². The van der Waals surface area contributed by atoms with Gasteiger partial charge < -0.3 is 15.5 Å². The highest BCUT2D eigenvalue weighted by atomic mass is 16.3. The molecule has 1 aromatic carbocycles. The van der Waals surface area contributed by atoms with Gasteiger partial charge in [-0.15, -0.1) is 0 Å². The number of benzene rings is 1. The molecule has 0 aliphatic rings. The van der Waals surface area contributed by atoms with Gasteiger partial charge in [-0.3, -0.25) is 4.79 Å². The molecule has 0 unspecified atom stereocenters. The summed E-state index contributed by atoms with van der Waals surface area (Å²) in [6.07, 6.45) is 1.54. The zero-order valence-corrected chi connectivity index (χ0v) is 9.37. The van der Waals surface area contributed by atoms with Crippen LogP contribution in [0.2, 0.25) is 0 Å². The molecule has 0 saturated heterocycles. The highest BCUT2D eigenvalue weighted by molar-refractivity contribution is 5.96. The maximum Gasteiger partial charge on any atom is 0.255 e. The SMILES string of the molecule is O=C(NCc1cccnn1)c1ccc(O)cc1O. The van der Waals surface area contributed by atoms with Crippen LogP contribution in [0.15, 0.2) is 36.5 Å². The summed E-state index contributed by atoms with van der Waals surface area (Å²) >= 11 is 0. The van der Waals surface area contributed by atoms with Crippen LogP contribution in [0.3, 0.4) is 0 Å². The van der Waals surface area contributed by atoms with E-state index in [0.717, 1.165) is 6.07 Å². The van der Waals surface area contributed by atoms with Gasteiger partial charge in [-0.25, -0.2) is 0 Å². The third-order valence-corrected chi connectivity index (χ3v) is 2.28. The van der Waals surface area contributed by atoms with Gasteiger partial charge >= 0.3 is 0 Å². The molecule has 1 heterocycles. The minimum atomic E-state index is -0.446. The number of carbonyl (C=O) groups excluding carboxylic acids is 1. The van der Waals surface area contributed by atoms with Crippen molar-refractivity contribution in [1.29, 1.82) is 0 Å². The number of hydrogen-bond acceptors (Lipinski definition) is 5. The van der Waals surface area contributed by atoms with Crippen molar-refractivity contribution < 1.29 is 15.0 Å². The highest BCUT2D eigenvalue weighted by Gasteiger charge is 2.11. The van der Waals surface area contributed by atoms with Crippen LogP contribution < -0.4 is 5.32 Å². The smallest absolute Gasteiger partial charge is 0.255 e. The summed E-state index contributed by atoms with van der Waals surface area (Å²) in [5.41, 5.74) is 0.709. The summed E-state index contributed by atoms with van der Waals surface area (Å²) in [6.45, 7) is 0.215. The second-order valence-electron chi connectivity index (χ2n) is 3.60. The lowest BCUT2D eigenvalue weighted by atomic mass is 10.2. The van der Waals surface area contributed by atoms with Crippen LogP contribution in [0.1, 0.15) is 16.1 Å². The molecule has 18 heavy (non-hydrogen) atoms. The van der Waals surface area contributed by atoms with Crippen LogP contribution in [0, 0.1) is 0 Å². The Morgan fingerprint density at radius 1 is 1.28 bits per heavy atom. The lowest BCUT2D eigenvalue weighted by Gasteiger charge is -2.06. The fourth-order valence-corrected chi connectivity index (χ4v) is 1.41. The first kappa shape index (κ1) is 11.8. The van der Waals surface area contributed by atoms with E-state index < -0.39 is 5.91 Å². The number of hydrogen-bond donors (Lipinski definition) is 3. The number of amides is 1. The second kappa shape index (κ2) is 5.13. The number of rotatable bonds is 3. The molecule has 0 atom stereocenters. The molecule has 2 aromatic rings. The predicted molar refractivity (Wildman–Crippen MR) is 63.0 cm³/mol. The topological polar surface area (TPSA) is 95.3 Å². The van der Waals surface area contributed by atoms with E-state index >= 15 is 0 Å². The molecule has 0 spiro atoms. The molecular weight excluding hydrogens is 234 g/mol. The summed E-state index contributed by atoms with van der Waals surface area (Å²) in [5, 5.41) is 28.7. The zero-order chi connectivity index (χ0) is 13.0. The number of nitrogens with one attached hydrogen (secondary N) is 1. The Kier molecular flexibility index (Phi) is 3.38. The number of phenols is 2. The van der Waals surface area contributed by atoms with E-state index in [9.17, 15) is 9.90 Å². The fourth-order valence-electron chi connectivity index (χ4n) is 1.41. The lowest BCUT2D eigenvalue weighted by molar-refractivity contribution is 0.0947. The van der Waals surface area contributed by atoms with Crippen molar-refractivity contribution in [3.8, 4) is 11.5 Å². The summed E-state index contributed by atoms with van der Waals surface area (Å²) < 4.78 is 0. The molecule has 0 bridgehead atoms. The van der Waals surface area contributed by atoms with Gasteiger partial charge in [0.1, 0.15) is 11.5 Å². The summed E-state index contributed by atoms with van der Waals surface area (Å²) in [4.78, 5) is 11.7. The van der Waals surface area contributed by atoms with Crippen LogP contribution >= 0.6 is 0 Å². The molecule has 92 valence electrons. The largest absolute Gasteiger partial charge is 0.508 e. The number of aromatic hydroxyl groups is 2. The van der Waals surface area contributed by atoms with Gasteiger partial charge in [-0.05, 0) is 24.3 Å². The van der Waals surface area contributed by atoms with E-state index in [4.69, 9.17) is 5.11 Å². The summed E-state index contributed by atoms with van der Waals surface area (Å²) in [5.74, 6) is -0.817. The van der Waals surface area contributed by atoms with Gasteiger partial charge in [0, 0.05) is 12.3 Å². The first-order valence-electron chi connectivity index (χ1n) is 5.23. The monoisotopic (exact) mass is 245 g/mol. The molecule has 6 nitrogen and oxygen atoms in total. The van der Waals surface area contributed by atoms with Crippen molar-refractivity contribution in [2.24, 2.45) is 0 Å². The standard InChI is InChI=1S/C12H11N3O3/c16-9-3-4-10(11(17)6-9)12(18)13-7-8-2-1-5-14-15-8/h1-6,16-17H,7H2,(H,13,18). The summed E-state index contributed by atoms with van der Waals surface area (Å²) in [6, 6.07) is 7.22. The Labute approximate surface area is 103 Å². The van der Waals surface area contributed by atoms with Gasteiger partial charge in [0.15, 0.2) is 0 Å². The average molecular weight is 245 g/mol. The van der Waals surface area contributed by atoms with Crippen molar-refractivity contribution in [1.82, 2.24) is 15.5 Å². The van der Waals surface area contributed by atoms with E-state index in [1.54, 1.807) is 12.1 Å². The number of aromatic nitrogens is 2. The normalized spacial score (nSPS) is 10.0. The molecule has 0 saturated carbocycles. The van der Waals surface area contributed by atoms with E-state index in [1.807, 2.05) is 0 Å². The Morgan fingerprint density at radius 3 is 2.78 bits per heavy atom. The molecule has 2 rings (SSSR count). The van der Waals surface area contributed by atoms with E-state index in [1.165, 1.54) is 18.3 Å². The van der Waals surface area contributed by atoms with E-state index in [2.05, 4.69) is 15.5 Å². The fraction of sp³-hybridized carbons (Fsp3) is 0.0833. The van der Waals surface area contributed by atoms with Gasteiger partial charge in [0.25, 0.3) is 5.91 Å². The molecule has 6 heteroatoms. The Bertz CT molecular complexity index is 558. The van der Waals surface area contributed by atoms with Crippen molar-refractivity contribution in [3.05, 3.63) is 47.8 Å². The van der Waals surface area contributed by atoms with Gasteiger partial charge in [0.2, 0.25) is 0 Å². The molecule has 0 aliphatic heterocycles. The molecule has 1 amide bonds. The molecule has 0 radical (unpaired) electrons. The van der Waals surface area contributed by atoms with Crippen LogP contribution in [0.4, 0.5) is 0 Å². The second-order valence-corrected chi connectivity index (χ2v) is 3.60. The van der Waals surface area contributed by atoms with Gasteiger partial charge in [-0.2, -0.15) is 10.2 Å². The van der Waals surface area contributed by atoms with Crippen molar-refractivity contribution in [3.63, 3.8) is 0 Å². The Balaban J connectivity index is 2.04. The number of nitrogens with zero attached hydrogens (tertiary/aromatic N) is 2. The van der Waals surface area contributed by atoms with E-state index in [0.29, 0.717) is 5.69 Å². The Morgan fingerprint density at radius 2 is 2.11 bits per heavy atom.